The summed E-state index contributed by atoms with van der Waals surface area (Å²) >= 11 is 2.83. The maximum Gasteiger partial charge on any atom is 0.230 e. The second kappa shape index (κ2) is 6.78. The molecule has 0 saturated heterocycles. The number of thiazole rings is 1. The van der Waals surface area contributed by atoms with Crippen LogP contribution in [-0.4, -0.2) is 17.4 Å². The van der Waals surface area contributed by atoms with Gasteiger partial charge in [-0.2, -0.15) is 0 Å². The second-order valence-electron chi connectivity index (χ2n) is 7.11. The van der Waals surface area contributed by atoms with Crippen LogP contribution in [0.15, 0.2) is 52.2 Å². The Morgan fingerprint density at radius 3 is 2.81 bits per heavy atom. The standard InChI is InChI=1S/C21H19N3OS2/c22-27-18-4-3-13-5-6-24(20(13)10-18)21(25)17-7-14-1-2-15(8-16(14)9-17)19-11-26-12-23-19/h1-4,8,10-12,17H,5-7,9,22H2. The topological polar surface area (TPSA) is 59.2 Å². The number of carbonyl (C=O) groups excluding carboxylic acids is 1. The lowest BCUT2D eigenvalue weighted by Crippen LogP contribution is -2.35. The summed E-state index contributed by atoms with van der Waals surface area (Å²) in [6.07, 6.45) is 2.55. The van der Waals surface area contributed by atoms with Gasteiger partial charge in [-0.15, -0.1) is 11.3 Å². The molecule has 2 aliphatic rings. The number of carbonyl (C=O) groups is 1. The van der Waals surface area contributed by atoms with E-state index in [2.05, 4.69) is 34.6 Å². The van der Waals surface area contributed by atoms with Gasteiger partial charge in [-0.3, -0.25) is 9.93 Å². The van der Waals surface area contributed by atoms with Crippen molar-refractivity contribution in [3.05, 3.63) is 64.0 Å². The number of anilines is 1. The highest BCUT2D eigenvalue weighted by Crippen LogP contribution is 2.36. The average Bonchev–Trinajstić information content (AvgIpc) is 3.45. The molecule has 6 heteroatoms. The Labute approximate surface area is 166 Å². The molecule has 2 N–H and O–H groups in total. The largest absolute Gasteiger partial charge is 0.312 e. The molecule has 0 fully saturated rings. The zero-order valence-electron chi connectivity index (χ0n) is 14.7. The number of rotatable bonds is 3. The van der Waals surface area contributed by atoms with Crippen LogP contribution in [0.2, 0.25) is 0 Å². The molecule has 4 nitrogen and oxygen atoms in total. The number of nitrogens with two attached hydrogens (primary N) is 1. The van der Waals surface area contributed by atoms with E-state index in [-0.39, 0.29) is 11.8 Å². The van der Waals surface area contributed by atoms with E-state index in [4.69, 9.17) is 5.14 Å². The molecular formula is C21H19N3OS2. The van der Waals surface area contributed by atoms with Crippen molar-refractivity contribution in [3.63, 3.8) is 0 Å². The second-order valence-corrected chi connectivity index (χ2v) is 8.54. The highest BCUT2D eigenvalue weighted by atomic mass is 32.2. The van der Waals surface area contributed by atoms with Crippen molar-refractivity contribution >= 4 is 34.9 Å². The third-order valence-corrected chi connectivity index (χ3v) is 6.68. The number of aromatic nitrogens is 1. The highest BCUT2D eigenvalue weighted by molar-refractivity contribution is 7.97. The van der Waals surface area contributed by atoms with Gasteiger partial charge in [-0.1, -0.05) is 18.2 Å². The minimum atomic E-state index is 0.0193. The van der Waals surface area contributed by atoms with Crippen molar-refractivity contribution in [2.24, 2.45) is 11.1 Å². The highest BCUT2D eigenvalue weighted by Gasteiger charge is 2.34. The Hall–Kier alpha value is -2.15. The van der Waals surface area contributed by atoms with Crippen LogP contribution < -0.4 is 10.0 Å². The van der Waals surface area contributed by atoms with E-state index in [1.165, 1.54) is 28.6 Å². The van der Waals surface area contributed by atoms with Crippen LogP contribution in [0.1, 0.15) is 16.7 Å². The fourth-order valence-electron chi connectivity index (χ4n) is 4.19. The molecule has 0 spiro atoms. The van der Waals surface area contributed by atoms with Gasteiger partial charge in [0.2, 0.25) is 5.91 Å². The van der Waals surface area contributed by atoms with Gasteiger partial charge >= 0.3 is 0 Å². The summed E-state index contributed by atoms with van der Waals surface area (Å²) < 4.78 is 0. The number of nitrogens with zero attached hydrogens (tertiary/aromatic N) is 2. The Morgan fingerprint density at radius 2 is 2.00 bits per heavy atom. The predicted octanol–water partition coefficient (Wildman–Crippen LogP) is 4.08. The summed E-state index contributed by atoms with van der Waals surface area (Å²) in [5, 5.41) is 7.77. The molecule has 0 radical (unpaired) electrons. The van der Waals surface area contributed by atoms with Gasteiger partial charge in [0.05, 0.1) is 11.2 Å². The SMILES string of the molecule is NSc1ccc2c(c1)N(C(=O)C1Cc3ccc(-c4cscn4)cc3C1)CC2. The van der Waals surface area contributed by atoms with Crippen LogP contribution in [0.5, 0.6) is 0 Å². The van der Waals surface area contributed by atoms with Crippen LogP contribution in [-0.2, 0) is 24.1 Å². The Bertz CT molecular complexity index is 1020. The summed E-state index contributed by atoms with van der Waals surface area (Å²) in [4.78, 5) is 20.6. The minimum absolute atomic E-state index is 0.0193. The van der Waals surface area contributed by atoms with Crippen molar-refractivity contribution in [1.82, 2.24) is 4.98 Å². The van der Waals surface area contributed by atoms with Crippen molar-refractivity contribution in [1.29, 1.82) is 0 Å². The lowest BCUT2D eigenvalue weighted by atomic mass is 10.0. The molecule has 1 atom stereocenters. The molecule has 3 aromatic rings. The van der Waals surface area contributed by atoms with Gasteiger partial charge in [-0.05, 0) is 66.1 Å². The van der Waals surface area contributed by atoms with Gasteiger partial charge in [0, 0.05) is 34.0 Å². The fourth-order valence-corrected chi connectivity index (χ4v) is 5.08. The molecule has 5 rings (SSSR count). The van der Waals surface area contributed by atoms with Gasteiger partial charge in [0.1, 0.15) is 0 Å². The molecule has 136 valence electrons. The number of amides is 1. The first-order valence-corrected chi connectivity index (χ1v) is 10.9. The maximum absolute atomic E-state index is 13.3. The molecule has 1 aromatic heterocycles. The lowest BCUT2D eigenvalue weighted by Gasteiger charge is -2.21. The van der Waals surface area contributed by atoms with Gasteiger partial charge in [0.15, 0.2) is 0 Å². The number of hydrogen-bond donors (Lipinski definition) is 1. The zero-order chi connectivity index (χ0) is 18.4. The monoisotopic (exact) mass is 393 g/mol. The van der Waals surface area contributed by atoms with E-state index < -0.39 is 0 Å². The van der Waals surface area contributed by atoms with Crippen LogP contribution in [0.4, 0.5) is 5.69 Å². The molecule has 1 aliphatic carbocycles. The van der Waals surface area contributed by atoms with Crippen molar-refractivity contribution in [2.45, 2.75) is 24.2 Å². The molecule has 2 heterocycles. The average molecular weight is 394 g/mol. The molecule has 0 bridgehead atoms. The third kappa shape index (κ3) is 2.98. The molecule has 1 amide bonds. The minimum Gasteiger partial charge on any atom is -0.312 e. The van der Waals surface area contributed by atoms with Crippen LogP contribution in [0.3, 0.4) is 0 Å². The Kier molecular flexibility index (Phi) is 4.27. The molecule has 1 unspecified atom stereocenters. The number of benzene rings is 2. The number of hydrogen-bond acceptors (Lipinski definition) is 5. The summed E-state index contributed by atoms with van der Waals surface area (Å²) in [6.45, 7) is 0.768. The summed E-state index contributed by atoms with van der Waals surface area (Å²) in [6, 6.07) is 12.7. The molecular weight excluding hydrogens is 374 g/mol. The van der Waals surface area contributed by atoms with Gasteiger partial charge < -0.3 is 4.90 Å². The summed E-state index contributed by atoms with van der Waals surface area (Å²) in [7, 11) is 0. The normalized spacial score (nSPS) is 17.8. The van der Waals surface area contributed by atoms with Crippen LogP contribution >= 0.6 is 23.3 Å². The van der Waals surface area contributed by atoms with E-state index in [0.29, 0.717) is 0 Å². The Morgan fingerprint density at radius 1 is 1.15 bits per heavy atom. The quantitative estimate of drug-likeness (QED) is 0.681. The maximum atomic E-state index is 13.3. The van der Waals surface area contributed by atoms with Crippen LogP contribution in [0, 0.1) is 5.92 Å². The molecule has 27 heavy (non-hydrogen) atoms. The smallest absolute Gasteiger partial charge is 0.230 e. The van der Waals surface area contributed by atoms with E-state index in [0.717, 1.165) is 47.6 Å². The molecule has 0 saturated carbocycles. The first-order valence-electron chi connectivity index (χ1n) is 9.04. The lowest BCUT2D eigenvalue weighted by molar-refractivity contribution is -0.122. The first kappa shape index (κ1) is 17.0. The number of fused-ring (bicyclic) bond motifs is 2. The molecule has 1 aliphatic heterocycles. The summed E-state index contributed by atoms with van der Waals surface area (Å²) in [5.41, 5.74) is 8.85. The van der Waals surface area contributed by atoms with E-state index in [9.17, 15) is 4.79 Å². The van der Waals surface area contributed by atoms with E-state index in [1.807, 2.05) is 22.5 Å². The summed E-state index contributed by atoms with van der Waals surface area (Å²) in [5.74, 6) is 0.255. The van der Waals surface area contributed by atoms with E-state index >= 15 is 0 Å². The van der Waals surface area contributed by atoms with Crippen molar-refractivity contribution < 1.29 is 4.79 Å². The van der Waals surface area contributed by atoms with Crippen molar-refractivity contribution in [3.8, 4) is 11.3 Å². The molecule has 2 aromatic carbocycles. The van der Waals surface area contributed by atoms with Gasteiger partial charge in [0.25, 0.3) is 0 Å². The Balaban J connectivity index is 1.38. The third-order valence-electron chi connectivity index (χ3n) is 5.57. The van der Waals surface area contributed by atoms with Crippen molar-refractivity contribution in [2.75, 3.05) is 11.4 Å². The van der Waals surface area contributed by atoms with Crippen LogP contribution in [0.25, 0.3) is 11.3 Å². The van der Waals surface area contributed by atoms with E-state index in [1.54, 1.807) is 11.3 Å². The fraction of sp³-hybridized carbons (Fsp3) is 0.238. The predicted molar refractivity (Wildman–Crippen MR) is 111 cm³/mol. The first-order chi connectivity index (χ1) is 13.2. The van der Waals surface area contributed by atoms with Gasteiger partial charge in [-0.25, -0.2) is 4.98 Å². The zero-order valence-corrected chi connectivity index (χ0v) is 16.4.